The highest BCUT2D eigenvalue weighted by Gasteiger charge is 2.16. The fourth-order valence-corrected chi connectivity index (χ4v) is 1.65. The molecule has 0 bridgehead atoms. The second-order valence-electron chi connectivity index (χ2n) is 4.93. The summed E-state index contributed by atoms with van der Waals surface area (Å²) in [5, 5.41) is 9.95. The Kier molecular flexibility index (Phi) is 5.45. The molecule has 0 heterocycles. The number of ether oxygens (including phenoxy) is 2. The van der Waals surface area contributed by atoms with Crippen LogP contribution < -0.4 is 4.74 Å². The second-order valence-corrected chi connectivity index (χ2v) is 5.34. The van der Waals surface area contributed by atoms with Gasteiger partial charge in [-0.05, 0) is 38.5 Å². The number of hydrogen-bond acceptors (Lipinski definition) is 3. The number of hydrogen-bond donors (Lipinski definition) is 1. The van der Waals surface area contributed by atoms with Gasteiger partial charge in [-0.25, -0.2) is 0 Å². The predicted octanol–water partition coefficient (Wildman–Crippen LogP) is 3.59. The van der Waals surface area contributed by atoms with Gasteiger partial charge in [0.1, 0.15) is 5.75 Å². The SMILES string of the molecule is COC(C)(C)CCOc1ccc([C@@H](C)O)cc1Cl. The molecular formula is C14H21ClO3. The van der Waals surface area contributed by atoms with Crippen molar-refractivity contribution < 1.29 is 14.6 Å². The minimum Gasteiger partial charge on any atom is -0.492 e. The van der Waals surface area contributed by atoms with Crippen molar-refractivity contribution in [1.82, 2.24) is 0 Å². The predicted molar refractivity (Wildman–Crippen MR) is 73.3 cm³/mol. The van der Waals surface area contributed by atoms with Crippen molar-refractivity contribution in [3.63, 3.8) is 0 Å². The number of aliphatic hydroxyl groups excluding tert-OH is 1. The Morgan fingerprint density at radius 3 is 2.56 bits per heavy atom. The molecule has 0 aromatic heterocycles. The zero-order chi connectivity index (χ0) is 13.8. The van der Waals surface area contributed by atoms with Crippen LogP contribution >= 0.6 is 11.6 Å². The second kappa shape index (κ2) is 6.41. The molecule has 3 nitrogen and oxygen atoms in total. The van der Waals surface area contributed by atoms with E-state index < -0.39 is 6.10 Å². The Hall–Kier alpha value is -0.770. The van der Waals surface area contributed by atoms with E-state index in [2.05, 4.69) is 0 Å². The van der Waals surface area contributed by atoms with Gasteiger partial charge in [0.05, 0.1) is 23.3 Å². The third kappa shape index (κ3) is 4.48. The molecule has 0 aliphatic carbocycles. The normalized spacial score (nSPS) is 13.4. The summed E-state index contributed by atoms with van der Waals surface area (Å²) < 4.78 is 10.9. The molecule has 1 aromatic carbocycles. The average molecular weight is 273 g/mol. The standard InChI is InChI=1S/C14H21ClO3/c1-10(16)11-5-6-13(12(15)9-11)18-8-7-14(2,3)17-4/h5-6,9-10,16H,7-8H2,1-4H3/t10-/m1/s1. The van der Waals surface area contributed by atoms with Crippen LogP contribution in [-0.2, 0) is 4.74 Å². The maximum Gasteiger partial charge on any atom is 0.137 e. The Morgan fingerprint density at radius 2 is 2.06 bits per heavy atom. The number of aliphatic hydroxyl groups is 1. The molecule has 0 aliphatic rings. The summed E-state index contributed by atoms with van der Waals surface area (Å²) in [6.07, 6.45) is 0.252. The van der Waals surface area contributed by atoms with Crippen LogP contribution in [0, 0.1) is 0 Å². The van der Waals surface area contributed by atoms with Crippen LogP contribution in [0.15, 0.2) is 18.2 Å². The molecule has 102 valence electrons. The third-order valence-electron chi connectivity index (χ3n) is 2.95. The lowest BCUT2D eigenvalue weighted by atomic mass is 10.1. The monoisotopic (exact) mass is 272 g/mol. The number of methoxy groups -OCH3 is 1. The smallest absolute Gasteiger partial charge is 0.137 e. The summed E-state index contributed by atoms with van der Waals surface area (Å²) in [5.74, 6) is 0.632. The fourth-order valence-electron chi connectivity index (χ4n) is 1.40. The highest BCUT2D eigenvalue weighted by Crippen LogP contribution is 2.28. The van der Waals surface area contributed by atoms with Gasteiger partial charge in [-0.3, -0.25) is 0 Å². The third-order valence-corrected chi connectivity index (χ3v) is 3.25. The summed E-state index contributed by atoms with van der Waals surface area (Å²) in [6.45, 7) is 6.25. The maximum atomic E-state index is 9.44. The van der Waals surface area contributed by atoms with E-state index >= 15 is 0 Å². The van der Waals surface area contributed by atoms with E-state index in [0.717, 1.165) is 12.0 Å². The molecule has 1 aromatic rings. The van der Waals surface area contributed by atoms with Crippen LogP contribution in [0.25, 0.3) is 0 Å². The molecule has 0 spiro atoms. The molecule has 0 amide bonds. The van der Waals surface area contributed by atoms with E-state index in [1.54, 1.807) is 26.2 Å². The van der Waals surface area contributed by atoms with Crippen molar-refractivity contribution in [2.45, 2.75) is 38.9 Å². The lowest BCUT2D eigenvalue weighted by Gasteiger charge is -2.22. The summed E-state index contributed by atoms with van der Waals surface area (Å²) in [5.41, 5.74) is 0.580. The van der Waals surface area contributed by atoms with Gasteiger partial charge < -0.3 is 14.6 Å². The first kappa shape index (κ1) is 15.3. The minimum atomic E-state index is -0.524. The van der Waals surface area contributed by atoms with Gasteiger partial charge in [0, 0.05) is 13.5 Å². The largest absolute Gasteiger partial charge is 0.492 e. The molecule has 1 rings (SSSR count). The molecule has 1 atom stereocenters. The van der Waals surface area contributed by atoms with E-state index in [1.165, 1.54) is 0 Å². The van der Waals surface area contributed by atoms with Gasteiger partial charge in [0.2, 0.25) is 0 Å². The molecule has 4 heteroatoms. The molecule has 0 saturated carbocycles. The summed E-state index contributed by atoms with van der Waals surface area (Å²) >= 11 is 6.09. The van der Waals surface area contributed by atoms with E-state index in [-0.39, 0.29) is 5.60 Å². The van der Waals surface area contributed by atoms with Crippen molar-refractivity contribution in [2.75, 3.05) is 13.7 Å². The first-order valence-corrected chi connectivity index (χ1v) is 6.39. The van der Waals surface area contributed by atoms with E-state index in [0.29, 0.717) is 17.4 Å². The van der Waals surface area contributed by atoms with Crippen LogP contribution in [0.3, 0.4) is 0 Å². The molecular weight excluding hydrogens is 252 g/mol. The first-order chi connectivity index (χ1) is 8.35. The van der Waals surface area contributed by atoms with Crippen molar-refractivity contribution in [2.24, 2.45) is 0 Å². The fraction of sp³-hybridized carbons (Fsp3) is 0.571. The Labute approximate surface area is 114 Å². The first-order valence-electron chi connectivity index (χ1n) is 6.01. The quantitative estimate of drug-likeness (QED) is 0.860. The maximum absolute atomic E-state index is 9.44. The molecule has 0 radical (unpaired) electrons. The van der Waals surface area contributed by atoms with Crippen molar-refractivity contribution in [1.29, 1.82) is 0 Å². The van der Waals surface area contributed by atoms with Crippen LogP contribution in [0.1, 0.15) is 38.9 Å². The molecule has 0 aliphatic heterocycles. The van der Waals surface area contributed by atoms with E-state index in [9.17, 15) is 5.11 Å². The highest BCUT2D eigenvalue weighted by atomic mass is 35.5. The minimum absolute atomic E-state index is 0.202. The van der Waals surface area contributed by atoms with Gasteiger partial charge in [0.15, 0.2) is 0 Å². The van der Waals surface area contributed by atoms with Crippen LogP contribution in [0.4, 0.5) is 0 Å². The average Bonchev–Trinajstić information content (AvgIpc) is 2.31. The van der Waals surface area contributed by atoms with Crippen LogP contribution in [-0.4, -0.2) is 24.4 Å². The summed E-state index contributed by atoms with van der Waals surface area (Å²) in [7, 11) is 1.68. The number of benzene rings is 1. The zero-order valence-corrected chi connectivity index (χ0v) is 12.1. The number of rotatable bonds is 6. The lowest BCUT2D eigenvalue weighted by molar-refractivity contribution is 0.00546. The molecule has 1 N–H and O–H groups in total. The molecule has 18 heavy (non-hydrogen) atoms. The number of halogens is 1. The Bertz CT molecular complexity index is 389. The highest BCUT2D eigenvalue weighted by molar-refractivity contribution is 6.32. The lowest BCUT2D eigenvalue weighted by Crippen LogP contribution is -2.25. The van der Waals surface area contributed by atoms with Gasteiger partial charge in [-0.15, -0.1) is 0 Å². The topological polar surface area (TPSA) is 38.7 Å². The van der Waals surface area contributed by atoms with Crippen molar-refractivity contribution >= 4 is 11.6 Å². The molecule has 0 unspecified atom stereocenters. The Morgan fingerprint density at radius 1 is 1.39 bits per heavy atom. The summed E-state index contributed by atoms with van der Waals surface area (Å²) in [6, 6.07) is 5.32. The zero-order valence-electron chi connectivity index (χ0n) is 11.4. The van der Waals surface area contributed by atoms with Gasteiger partial charge in [-0.2, -0.15) is 0 Å². The van der Waals surface area contributed by atoms with Crippen molar-refractivity contribution in [3.05, 3.63) is 28.8 Å². The van der Waals surface area contributed by atoms with Gasteiger partial charge in [0.25, 0.3) is 0 Å². The molecule has 0 fully saturated rings. The van der Waals surface area contributed by atoms with Crippen LogP contribution in [0.2, 0.25) is 5.02 Å². The van der Waals surface area contributed by atoms with E-state index in [4.69, 9.17) is 21.1 Å². The molecule has 0 saturated heterocycles. The van der Waals surface area contributed by atoms with E-state index in [1.807, 2.05) is 19.9 Å². The van der Waals surface area contributed by atoms with Gasteiger partial charge in [-0.1, -0.05) is 17.7 Å². The van der Waals surface area contributed by atoms with Crippen molar-refractivity contribution in [3.8, 4) is 5.75 Å². The van der Waals surface area contributed by atoms with Crippen LogP contribution in [0.5, 0.6) is 5.75 Å². The summed E-state index contributed by atoms with van der Waals surface area (Å²) in [4.78, 5) is 0. The Balaban J connectivity index is 2.58. The van der Waals surface area contributed by atoms with Gasteiger partial charge >= 0.3 is 0 Å².